The van der Waals surface area contributed by atoms with Gasteiger partial charge < -0.3 is 20.1 Å². The van der Waals surface area contributed by atoms with Gasteiger partial charge >= 0.3 is 0 Å². The molecule has 3 amide bonds. The van der Waals surface area contributed by atoms with E-state index < -0.39 is 11.9 Å². The van der Waals surface area contributed by atoms with Gasteiger partial charge in [-0.3, -0.25) is 19.3 Å². The summed E-state index contributed by atoms with van der Waals surface area (Å²) in [6, 6.07) is 19.0. The number of amides is 3. The monoisotopic (exact) mass is 499 g/mol. The van der Waals surface area contributed by atoms with Crippen LogP contribution in [0.5, 0.6) is 11.5 Å². The average Bonchev–Trinajstić information content (AvgIpc) is 2.91. The molecule has 3 aromatic carbocycles. The summed E-state index contributed by atoms with van der Waals surface area (Å²) in [5, 5.41) is 0. The molecule has 0 fully saturated rings. The molecule has 0 aliphatic carbocycles. The Labute approximate surface area is 215 Å². The van der Waals surface area contributed by atoms with Crippen molar-refractivity contribution in [3.05, 3.63) is 89.0 Å². The summed E-state index contributed by atoms with van der Waals surface area (Å²) >= 11 is 0. The van der Waals surface area contributed by atoms with Crippen LogP contribution in [0.3, 0.4) is 0 Å². The van der Waals surface area contributed by atoms with Crippen LogP contribution >= 0.6 is 0 Å². The van der Waals surface area contributed by atoms with Gasteiger partial charge in [0.1, 0.15) is 17.5 Å². The number of benzene rings is 3. The molecule has 0 aromatic heterocycles. The molecule has 190 valence electrons. The second-order valence-corrected chi connectivity index (χ2v) is 9.23. The Hall–Kier alpha value is -4.33. The number of nitrogens with two attached hydrogens (primary N) is 1. The molecule has 8 nitrogen and oxygen atoms in total. The van der Waals surface area contributed by atoms with E-state index in [1.807, 2.05) is 31.2 Å². The van der Waals surface area contributed by atoms with Crippen LogP contribution in [-0.2, 0) is 11.3 Å². The van der Waals surface area contributed by atoms with Gasteiger partial charge in [-0.25, -0.2) is 0 Å². The van der Waals surface area contributed by atoms with E-state index in [1.54, 1.807) is 54.5 Å². The fourth-order valence-corrected chi connectivity index (χ4v) is 5.36. The molecule has 0 radical (unpaired) electrons. The third kappa shape index (κ3) is 4.39. The van der Waals surface area contributed by atoms with E-state index in [1.165, 1.54) is 4.90 Å². The summed E-state index contributed by atoms with van der Waals surface area (Å²) in [6.07, 6.45) is 0.328. The van der Waals surface area contributed by atoms with Crippen molar-refractivity contribution in [2.75, 3.05) is 25.2 Å². The van der Waals surface area contributed by atoms with Crippen molar-refractivity contribution in [3.63, 3.8) is 0 Å². The van der Waals surface area contributed by atoms with Crippen LogP contribution in [0.2, 0.25) is 0 Å². The minimum absolute atomic E-state index is 0.108. The van der Waals surface area contributed by atoms with Crippen molar-refractivity contribution in [1.82, 2.24) is 4.90 Å². The number of nitrogens with zero attached hydrogens (tertiary/aromatic N) is 2. The van der Waals surface area contributed by atoms with Crippen LogP contribution < -0.4 is 20.1 Å². The molecule has 0 spiro atoms. The molecular weight excluding hydrogens is 470 g/mol. The molecule has 2 aliphatic heterocycles. The number of anilines is 1. The first-order valence-corrected chi connectivity index (χ1v) is 12.3. The summed E-state index contributed by atoms with van der Waals surface area (Å²) in [6.45, 7) is 3.09. The molecule has 2 aliphatic rings. The first kappa shape index (κ1) is 24.4. The lowest BCUT2D eigenvalue weighted by Gasteiger charge is -2.44. The van der Waals surface area contributed by atoms with E-state index in [9.17, 15) is 14.4 Å². The maximum Gasteiger partial charge on any atom is 0.262 e. The maximum atomic E-state index is 13.9. The lowest BCUT2D eigenvalue weighted by Crippen LogP contribution is -2.54. The summed E-state index contributed by atoms with van der Waals surface area (Å²) < 4.78 is 10.9. The number of primary amides is 1. The third-order valence-electron chi connectivity index (χ3n) is 7.03. The summed E-state index contributed by atoms with van der Waals surface area (Å²) in [4.78, 5) is 43.4. The van der Waals surface area contributed by atoms with Gasteiger partial charge in [-0.2, -0.15) is 0 Å². The van der Waals surface area contributed by atoms with Gasteiger partial charge in [-0.05, 0) is 60.9 Å². The molecule has 0 saturated heterocycles. The SMILES string of the molecule is CCOc1ccccc1C(=O)N1c2cccc3c2[C@@H](C[C@H]1C(N)=O)CN(Cc1ccc(OC)cc1)C3=O. The standard InChI is InChI=1S/C29H29N3O5/c1-3-37-25-10-5-4-7-21(25)29(35)32-23-9-6-8-22-26(23)19(15-24(32)27(30)33)17-31(28(22)34)16-18-11-13-20(36-2)14-12-18/h4-14,19,24H,3,15-17H2,1-2H3,(H2,30,33)/t19-,24-/m0/s1. The van der Waals surface area contributed by atoms with Gasteiger partial charge in [-0.1, -0.05) is 30.3 Å². The number of hydrogen-bond acceptors (Lipinski definition) is 5. The highest BCUT2D eigenvalue weighted by atomic mass is 16.5. The molecule has 8 heteroatoms. The van der Waals surface area contributed by atoms with E-state index in [2.05, 4.69) is 0 Å². The minimum Gasteiger partial charge on any atom is -0.497 e. The Bertz CT molecular complexity index is 1350. The van der Waals surface area contributed by atoms with Crippen LogP contribution in [0.4, 0.5) is 5.69 Å². The van der Waals surface area contributed by atoms with Crippen molar-refractivity contribution >= 4 is 23.4 Å². The van der Waals surface area contributed by atoms with E-state index in [0.29, 0.717) is 48.7 Å². The Balaban J connectivity index is 1.54. The van der Waals surface area contributed by atoms with Crippen LogP contribution in [0.1, 0.15) is 51.1 Å². The number of carbonyl (C=O) groups excluding carboxylic acids is 3. The molecule has 3 aromatic rings. The lowest BCUT2D eigenvalue weighted by molar-refractivity contribution is -0.119. The van der Waals surface area contributed by atoms with Crippen molar-refractivity contribution in [3.8, 4) is 11.5 Å². The average molecular weight is 500 g/mol. The van der Waals surface area contributed by atoms with E-state index in [0.717, 1.165) is 16.9 Å². The quantitative estimate of drug-likeness (QED) is 0.534. The smallest absolute Gasteiger partial charge is 0.262 e. The number of rotatable bonds is 7. The van der Waals surface area contributed by atoms with Crippen molar-refractivity contribution in [2.24, 2.45) is 5.73 Å². The van der Waals surface area contributed by atoms with Crippen LogP contribution in [0.15, 0.2) is 66.7 Å². The number of para-hydroxylation sites is 1. The Morgan fingerprint density at radius 2 is 1.78 bits per heavy atom. The van der Waals surface area contributed by atoms with Crippen molar-refractivity contribution < 1.29 is 23.9 Å². The van der Waals surface area contributed by atoms with E-state index >= 15 is 0 Å². The van der Waals surface area contributed by atoms with Gasteiger partial charge in [0.15, 0.2) is 0 Å². The lowest BCUT2D eigenvalue weighted by atomic mass is 9.79. The van der Waals surface area contributed by atoms with Crippen molar-refractivity contribution in [1.29, 1.82) is 0 Å². The largest absolute Gasteiger partial charge is 0.497 e. The fourth-order valence-electron chi connectivity index (χ4n) is 5.36. The zero-order valence-electron chi connectivity index (χ0n) is 20.8. The third-order valence-corrected chi connectivity index (χ3v) is 7.03. The topological polar surface area (TPSA) is 102 Å². The fraction of sp³-hybridized carbons (Fsp3) is 0.276. The van der Waals surface area contributed by atoms with E-state index in [4.69, 9.17) is 15.2 Å². The zero-order valence-corrected chi connectivity index (χ0v) is 20.8. The number of hydrogen-bond donors (Lipinski definition) is 1. The number of ether oxygens (including phenoxy) is 2. The highest BCUT2D eigenvalue weighted by Gasteiger charge is 2.44. The van der Waals surface area contributed by atoms with E-state index in [-0.39, 0.29) is 17.7 Å². The summed E-state index contributed by atoms with van der Waals surface area (Å²) in [7, 11) is 1.61. The minimum atomic E-state index is -0.856. The molecule has 0 saturated carbocycles. The van der Waals surface area contributed by atoms with Gasteiger partial charge in [0.2, 0.25) is 5.91 Å². The Morgan fingerprint density at radius 1 is 1.03 bits per heavy atom. The first-order chi connectivity index (χ1) is 17.9. The van der Waals surface area contributed by atoms with Crippen LogP contribution in [0, 0.1) is 0 Å². The van der Waals surface area contributed by atoms with Gasteiger partial charge in [0.25, 0.3) is 11.8 Å². The van der Waals surface area contributed by atoms with Crippen LogP contribution in [-0.4, -0.2) is 48.9 Å². The normalized spacial score (nSPS) is 18.3. The predicted molar refractivity (Wildman–Crippen MR) is 139 cm³/mol. The molecule has 5 rings (SSSR count). The second-order valence-electron chi connectivity index (χ2n) is 9.23. The Kier molecular flexibility index (Phi) is 6.56. The molecular formula is C29H29N3O5. The van der Waals surface area contributed by atoms with Gasteiger partial charge in [0.05, 0.1) is 19.3 Å². The molecule has 2 atom stereocenters. The molecule has 0 unspecified atom stereocenters. The van der Waals surface area contributed by atoms with Crippen LogP contribution in [0.25, 0.3) is 0 Å². The van der Waals surface area contributed by atoms with Gasteiger partial charge in [0, 0.05) is 30.3 Å². The highest BCUT2D eigenvalue weighted by Crippen LogP contribution is 2.45. The molecule has 2 N–H and O–H groups in total. The number of methoxy groups -OCH3 is 1. The molecule has 0 bridgehead atoms. The summed E-state index contributed by atoms with van der Waals surface area (Å²) in [5.41, 5.74) is 9.05. The second kappa shape index (κ2) is 9.97. The zero-order chi connectivity index (χ0) is 26.1. The molecule has 37 heavy (non-hydrogen) atoms. The predicted octanol–water partition coefficient (Wildman–Crippen LogP) is 3.74. The number of carbonyl (C=O) groups is 3. The summed E-state index contributed by atoms with van der Waals surface area (Å²) in [5.74, 6) is -0.0260. The van der Waals surface area contributed by atoms with Crippen molar-refractivity contribution in [2.45, 2.75) is 31.8 Å². The first-order valence-electron chi connectivity index (χ1n) is 12.3. The van der Waals surface area contributed by atoms with Gasteiger partial charge in [-0.15, -0.1) is 0 Å². The Morgan fingerprint density at radius 3 is 2.49 bits per heavy atom. The molecule has 2 heterocycles. The highest BCUT2D eigenvalue weighted by molar-refractivity contribution is 6.13. The maximum absolute atomic E-state index is 13.9.